The van der Waals surface area contributed by atoms with Crippen molar-refractivity contribution in [2.24, 2.45) is 0 Å². The number of rotatable bonds is 7. The van der Waals surface area contributed by atoms with E-state index in [-0.39, 0.29) is 0 Å². The van der Waals surface area contributed by atoms with Gasteiger partial charge in [0.15, 0.2) is 11.5 Å². The first-order valence-electron chi connectivity index (χ1n) is 9.52. The molecule has 0 unspecified atom stereocenters. The summed E-state index contributed by atoms with van der Waals surface area (Å²) in [5.74, 6) is 2.28. The van der Waals surface area contributed by atoms with E-state index >= 15 is 0 Å². The predicted octanol–water partition coefficient (Wildman–Crippen LogP) is 5.42. The number of hydrogen-bond donors (Lipinski definition) is 0. The van der Waals surface area contributed by atoms with E-state index in [2.05, 4.69) is 29.2 Å². The summed E-state index contributed by atoms with van der Waals surface area (Å²) in [5, 5.41) is 2.14. The van der Waals surface area contributed by atoms with Crippen LogP contribution in [0.25, 0.3) is 10.8 Å². The number of aromatic nitrogens is 1. The van der Waals surface area contributed by atoms with Gasteiger partial charge in [0.2, 0.25) is 0 Å². The molecule has 29 heavy (non-hydrogen) atoms. The third kappa shape index (κ3) is 4.32. The highest BCUT2D eigenvalue weighted by atomic mass is 16.5. The molecule has 0 aliphatic carbocycles. The van der Waals surface area contributed by atoms with E-state index in [9.17, 15) is 0 Å². The van der Waals surface area contributed by atoms with Crippen LogP contribution in [0.1, 0.15) is 16.8 Å². The summed E-state index contributed by atoms with van der Waals surface area (Å²) in [4.78, 5) is 4.60. The van der Waals surface area contributed by atoms with Crippen molar-refractivity contribution in [2.45, 2.75) is 13.0 Å². The van der Waals surface area contributed by atoms with Crippen LogP contribution in [0.3, 0.4) is 0 Å². The Morgan fingerprint density at radius 2 is 1.48 bits per heavy atom. The maximum Gasteiger partial charge on any atom is 0.161 e. The zero-order chi connectivity index (χ0) is 20.1. The molecule has 0 saturated heterocycles. The lowest BCUT2D eigenvalue weighted by Crippen LogP contribution is -1.97. The van der Waals surface area contributed by atoms with Crippen LogP contribution < -0.4 is 14.2 Å². The molecule has 0 fully saturated rings. The number of pyridine rings is 1. The van der Waals surface area contributed by atoms with Crippen molar-refractivity contribution in [3.05, 3.63) is 95.8 Å². The Morgan fingerprint density at radius 3 is 2.21 bits per heavy atom. The second kappa shape index (κ2) is 8.65. The normalized spacial score (nSPS) is 10.7. The van der Waals surface area contributed by atoms with E-state index in [1.807, 2.05) is 54.7 Å². The Balaban J connectivity index is 1.52. The van der Waals surface area contributed by atoms with Crippen LogP contribution in [0.4, 0.5) is 0 Å². The molecule has 4 nitrogen and oxygen atoms in total. The first kappa shape index (κ1) is 18.8. The van der Waals surface area contributed by atoms with Crippen molar-refractivity contribution in [1.82, 2.24) is 4.98 Å². The molecule has 0 N–H and O–H groups in total. The molecule has 4 heteroatoms. The minimum atomic E-state index is 0.562. The molecule has 1 aromatic heterocycles. The molecule has 0 saturated carbocycles. The van der Waals surface area contributed by atoms with Gasteiger partial charge in [-0.1, -0.05) is 42.5 Å². The molecule has 0 spiro atoms. The fraction of sp³-hybridized carbons (Fsp3) is 0.160. The summed E-state index contributed by atoms with van der Waals surface area (Å²) in [6, 6.07) is 24.3. The van der Waals surface area contributed by atoms with Crippen LogP contribution in [-0.2, 0) is 13.0 Å². The lowest BCUT2D eigenvalue weighted by molar-refractivity contribution is 0.306. The van der Waals surface area contributed by atoms with E-state index in [4.69, 9.17) is 14.2 Å². The molecule has 3 aromatic carbocycles. The molecule has 0 atom stereocenters. The van der Waals surface area contributed by atoms with Gasteiger partial charge in [-0.25, -0.2) is 0 Å². The first-order valence-corrected chi connectivity index (χ1v) is 9.52. The third-order valence-corrected chi connectivity index (χ3v) is 4.89. The summed E-state index contributed by atoms with van der Waals surface area (Å²) >= 11 is 0. The third-order valence-electron chi connectivity index (χ3n) is 4.89. The second-order valence-electron chi connectivity index (χ2n) is 6.78. The van der Waals surface area contributed by atoms with Crippen LogP contribution in [0, 0.1) is 0 Å². The Morgan fingerprint density at radius 1 is 0.759 bits per heavy atom. The molecule has 0 aliphatic heterocycles. The first-order chi connectivity index (χ1) is 14.3. The number of ether oxygens (including phenoxy) is 3. The van der Waals surface area contributed by atoms with Crippen LogP contribution in [0.2, 0.25) is 0 Å². The highest BCUT2D eigenvalue weighted by molar-refractivity contribution is 5.88. The lowest BCUT2D eigenvalue weighted by Gasteiger charge is -2.12. The van der Waals surface area contributed by atoms with E-state index in [1.165, 1.54) is 5.56 Å². The van der Waals surface area contributed by atoms with E-state index in [0.717, 1.165) is 39.9 Å². The van der Waals surface area contributed by atoms with Gasteiger partial charge in [0.1, 0.15) is 12.4 Å². The Bertz CT molecular complexity index is 1090. The molecule has 4 rings (SSSR count). The summed E-state index contributed by atoms with van der Waals surface area (Å²) < 4.78 is 16.7. The van der Waals surface area contributed by atoms with E-state index in [0.29, 0.717) is 12.4 Å². The number of hydrogen-bond acceptors (Lipinski definition) is 4. The summed E-state index contributed by atoms with van der Waals surface area (Å²) in [7, 11) is 3.29. The number of fused-ring (bicyclic) bond motifs is 1. The molecule has 0 amide bonds. The largest absolute Gasteiger partial charge is 0.493 e. The highest BCUT2D eigenvalue weighted by Crippen LogP contribution is 2.33. The van der Waals surface area contributed by atoms with Crippen molar-refractivity contribution >= 4 is 10.8 Å². The number of methoxy groups -OCH3 is 2. The highest BCUT2D eigenvalue weighted by Gasteiger charge is 2.10. The Hall–Kier alpha value is -3.53. The quantitative estimate of drug-likeness (QED) is 0.426. The maximum absolute atomic E-state index is 5.88. The Labute approximate surface area is 170 Å². The summed E-state index contributed by atoms with van der Waals surface area (Å²) in [6.07, 6.45) is 2.56. The standard InChI is InChI=1S/C25H23NO3/c1-27-24-15-20-12-13-26-23(22(20)16-25(24)28-2)14-18-8-10-21(11-9-18)29-17-19-6-4-3-5-7-19/h3-13,15-16H,14,17H2,1-2H3. The van der Waals surface area contributed by atoms with Gasteiger partial charge in [0, 0.05) is 18.0 Å². The van der Waals surface area contributed by atoms with Crippen molar-refractivity contribution in [3.8, 4) is 17.2 Å². The lowest BCUT2D eigenvalue weighted by atomic mass is 10.0. The Kier molecular flexibility index (Phi) is 5.61. The van der Waals surface area contributed by atoms with Gasteiger partial charge < -0.3 is 14.2 Å². The van der Waals surface area contributed by atoms with Crippen LogP contribution >= 0.6 is 0 Å². The van der Waals surface area contributed by atoms with Gasteiger partial charge in [0.05, 0.1) is 19.9 Å². The molecule has 0 aliphatic rings. The zero-order valence-corrected chi connectivity index (χ0v) is 16.6. The van der Waals surface area contributed by atoms with Crippen molar-refractivity contribution in [2.75, 3.05) is 14.2 Å². The second-order valence-corrected chi connectivity index (χ2v) is 6.78. The molecule has 146 valence electrons. The van der Waals surface area contributed by atoms with Gasteiger partial charge in [-0.15, -0.1) is 0 Å². The number of benzene rings is 3. The van der Waals surface area contributed by atoms with Gasteiger partial charge in [-0.05, 0) is 46.8 Å². The van der Waals surface area contributed by atoms with Crippen LogP contribution in [0.5, 0.6) is 17.2 Å². The van der Waals surface area contributed by atoms with Crippen LogP contribution in [-0.4, -0.2) is 19.2 Å². The fourth-order valence-electron chi connectivity index (χ4n) is 3.34. The molecule has 1 heterocycles. The maximum atomic E-state index is 5.88. The minimum Gasteiger partial charge on any atom is -0.493 e. The molecule has 4 aromatic rings. The molecule has 0 bridgehead atoms. The van der Waals surface area contributed by atoms with Gasteiger partial charge in [-0.3, -0.25) is 4.98 Å². The average molecular weight is 385 g/mol. The summed E-state index contributed by atoms with van der Waals surface area (Å²) in [6.45, 7) is 0.562. The SMILES string of the molecule is COc1cc2ccnc(Cc3ccc(OCc4ccccc4)cc3)c2cc1OC. The fourth-order valence-corrected chi connectivity index (χ4v) is 3.34. The molecular weight excluding hydrogens is 362 g/mol. The average Bonchev–Trinajstić information content (AvgIpc) is 2.78. The zero-order valence-electron chi connectivity index (χ0n) is 16.6. The van der Waals surface area contributed by atoms with Gasteiger partial charge in [0.25, 0.3) is 0 Å². The molecular formula is C25H23NO3. The minimum absolute atomic E-state index is 0.562. The topological polar surface area (TPSA) is 40.6 Å². The predicted molar refractivity (Wildman–Crippen MR) is 115 cm³/mol. The monoisotopic (exact) mass is 385 g/mol. The molecule has 0 radical (unpaired) electrons. The van der Waals surface area contributed by atoms with Crippen LogP contribution in [0.15, 0.2) is 79.0 Å². The van der Waals surface area contributed by atoms with Gasteiger partial charge >= 0.3 is 0 Å². The van der Waals surface area contributed by atoms with Gasteiger partial charge in [-0.2, -0.15) is 0 Å². The number of nitrogens with zero attached hydrogens (tertiary/aromatic N) is 1. The smallest absolute Gasteiger partial charge is 0.161 e. The summed E-state index contributed by atoms with van der Waals surface area (Å²) in [5.41, 5.74) is 3.33. The van der Waals surface area contributed by atoms with E-state index < -0.39 is 0 Å². The van der Waals surface area contributed by atoms with Crippen molar-refractivity contribution < 1.29 is 14.2 Å². The van der Waals surface area contributed by atoms with Crippen molar-refractivity contribution in [3.63, 3.8) is 0 Å². The van der Waals surface area contributed by atoms with E-state index in [1.54, 1.807) is 14.2 Å². The van der Waals surface area contributed by atoms with Crippen molar-refractivity contribution in [1.29, 1.82) is 0 Å².